The number of hydrogen-bond donors (Lipinski definition) is 0. The first-order chi connectivity index (χ1) is 12.5. The van der Waals surface area contributed by atoms with Gasteiger partial charge in [-0.1, -0.05) is 56.7 Å². The number of rotatable bonds is 3. The normalized spacial score (nSPS) is 13.5. The molecule has 1 atom stereocenters. The molecule has 0 amide bonds. The van der Waals surface area contributed by atoms with Crippen molar-refractivity contribution in [1.29, 1.82) is 0 Å². The van der Waals surface area contributed by atoms with E-state index in [4.69, 9.17) is 0 Å². The molecular formula is C17H25F9OS. The van der Waals surface area contributed by atoms with Crippen LogP contribution in [0.15, 0.2) is 30.3 Å². The summed E-state index contributed by atoms with van der Waals surface area (Å²) in [7, 11) is 0.970. The number of benzene rings is 1. The van der Waals surface area contributed by atoms with Crippen molar-refractivity contribution in [3.05, 3.63) is 35.9 Å². The fourth-order valence-corrected chi connectivity index (χ4v) is 1.34. The number of aryl methyl sites for hydroxylation is 1. The summed E-state index contributed by atoms with van der Waals surface area (Å²) in [6.07, 6.45) is -6.72. The zero-order chi connectivity index (χ0) is 23.2. The Morgan fingerprint density at radius 3 is 1.36 bits per heavy atom. The highest BCUT2D eigenvalue weighted by Crippen LogP contribution is 2.46. The van der Waals surface area contributed by atoms with E-state index in [0.29, 0.717) is 0 Å². The van der Waals surface area contributed by atoms with Crippen LogP contribution in [0.4, 0.5) is 39.5 Å². The van der Waals surface area contributed by atoms with Crippen molar-refractivity contribution < 1.29 is 43.7 Å². The van der Waals surface area contributed by atoms with Crippen molar-refractivity contribution in [2.24, 2.45) is 0 Å². The highest BCUT2D eigenvalue weighted by Gasteiger charge is 2.68. The van der Waals surface area contributed by atoms with Gasteiger partial charge in [0.1, 0.15) is 12.0 Å². The summed E-state index contributed by atoms with van der Waals surface area (Å²) in [6, 6.07) is 10.3. The molecule has 0 saturated carbocycles. The maximum absolute atomic E-state index is 12.6. The third kappa shape index (κ3) is 14.0. The molecule has 0 saturated heterocycles. The van der Waals surface area contributed by atoms with Crippen LogP contribution in [0.2, 0.25) is 0 Å². The molecule has 1 nitrogen and oxygen atoms in total. The first kappa shape index (κ1) is 31.6. The Labute approximate surface area is 163 Å². The third-order valence-electron chi connectivity index (χ3n) is 2.79. The van der Waals surface area contributed by atoms with Crippen molar-refractivity contribution >= 4 is 12.0 Å². The minimum atomic E-state index is -5.83. The highest BCUT2D eigenvalue weighted by molar-refractivity contribution is 7.95. The van der Waals surface area contributed by atoms with Crippen LogP contribution in [-0.4, -0.2) is 30.4 Å². The van der Waals surface area contributed by atoms with Crippen LogP contribution in [0, 0.1) is 6.92 Å². The minimum absolute atomic E-state index is 0.237. The Kier molecular flexibility index (Phi) is 15.8. The van der Waals surface area contributed by atoms with Gasteiger partial charge in [-0.2, -0.15) is 35.1 Å². The molecular weight excluding hydrogens is 423 g/mol. The van der Waals surface area contributed by atoms with Crippen molar-refractivity contribution in [2.45, 2.75) is 64.3 Å². The quantitative estimate of drug-likeness (QED) is 0.341. The Morgan fingerprint density at radius 1 is 0.857 bits per heavy atom. The molecule has 0 aliphatic heterocycles. The van der Waals surface area contributed by atoms with Gasteiger partial charge in [-0.25, -0.2) is 4.39 Å². The van der Waals surface area contributed by atoms with Gasteiger partial charge in [-0.3, -0.25) is 0 Å². The largest absolute Gasteiger partial charge is 0.467 e. The highest BCUT2D eigenvalue weighted by atomic mass is 32.2. The summed E-state index contributed by atoms with van der Waals surface area (Å²) in [5.74, 6) is -5.28. The Bertz CT molecular complexity index is 486. The van der Waals surface area contributed by atoms with Crippen molar-refractivity contribution in [1.82, 2.24) is 0 Å². The molecule has 0 bridgehead atoms. The topological polar surface area (TPSA) is 9.23 Å². The summed E-state index contributed by atoms with van der Waals surface area (Å²) in [4.78, 5) is 0. The maximum atomic E-state index is 12.6. The van der Waals surface area contributed by atoms with Crippen LogP contribution in [-0.2, 0) is 4.18 Å². The van der Waals surface area contributed by atoms with Gasteiger partial charge in [0.15, 0.2) is 5.67 Å². The van der Waals surface area contributed by atoms with Crippen molar-refractivity contribution in [3.8, 4) is 0 Å². The van der Waals surface area contributed by atoms with Crippen LogP contribution < -0.4 is 0 Å². The van der Waals surface area contributed by atoms with E-state index < -0.39 is 41.7 Å². The predicted molar refractivity (Wildman–Crippen MR) is 94.0 cm³/mol. The Hall–Kier alpha value is -1.10. The van der Waals surface area contributed by atoms with Gasteiger partial charge >= 0.3 is 17.6 Å². The van der Waals surface area contributed by atoms with E-state index in [1.807, 2.05) is 32.0 Å². The molecule has 11 heteroatoms. The van der Waals surface area contributed by atoms with Gasteiger partial charge in [-0.05, 0) is 20.3 Å². The second kappa shape index (κ2) is 14.0. The molecule has 1 aromatic rings. The molecule has 28 heavy (non-hydrogen) atoms. The Balaban J connectivity index is -0.000000336. The fourth-order valence-electron chi connectivity index (χ4n) is 1.15. The van der Waals surface area contributed by atoms with Gasteiger partial charge < -0.3 is 4.18 Å². The third-order valence-corrected chi connectivity index (χ3v) is 3.15. The summed E-state index contributed by atoms with van der Waals surface area (Å²) >= 11 is -0.512. The molecule has 1 aromatic carbocycles. The zero-order valence-corrected chi connectivity index (χ0v) is 17.1. The molecule has 0 radical (unpaired) electrons. The standard InChI is InChI=1S/C7H8.C6H8F6.C2H3F3OS.C2H6/c1-7-5-3-2-4-6-7;1-3-4(2,7)5(8,9)6(10,11)12;1-6-7-2(3,4)5;1-2/h2-6H,1H3;3H2,1-2H3;1H3;1-2H3. The van der Waals surface area contributed by atoms with E-state index in [-0.39, 0.29) is 6.92 Å². The molecule has 0 heterocycles. The van der Waals surface area contributed by atoms with Gasteiger partial charge in [0.25, 0.3) is 0 Å². The van der Waals surface area contributed by atoms with E-state index in [2.05, 4.69) is 23.2 Å². The molecule has 0 N–H and O–H groups in total. The summed E-state index contributed by atoms with van der Waals surface area (Å²) in [5, 5.41) is 0. The second-order valence-electron chi connectivity index (χ2n) is 4.97. The van der Waals surface area contributed by atoms with Gasteiger partial charge in [0.2, 0.25) is 0 Å². The molecule has 1 unspecified atom stereocenters. The molecule has 0 fully saturated rings. The number of hydrogen-bond acceptors (Lipinski definition) is 2. The monoisotopic (exact) mass is 448 g/mol. The van der Waals surface area contributed by atoms with E-state index in [0.717, 1.165) is 14.0 Å². The summed E-state index contributed by atoms with van der Waals surface area (Å²) in [5.41, 5.74) is -6.47. The van der Waals surface area contributed by atoms with Crippen molar-refractivity contribution in [2.75, 3.05) is 7.11 Å². The van der Waals surface area contributed by atoms with E-state index >= 15 is 0 Å². The number of halogens is 9. The predicted octanol–water partition coefficient (Wildman–Crippen LogP) is 8.14. The average Bonchev–Trinajstić information content (AvgIpc) is 2.56. The second-order valence-corrected chi connectivity index (χ2v) is 5.94. The molecule has 0 aliphatic rings. The lowest BCUT2D eigenvalue weighted by Gasteiger charge is -2.30. The lowest BCUT2D eigenvalue weighted by molar-refractivity contribution is -0.324. The summed E-state index contributed by atoms with van der Waals surface area (Å²) in [6.45, 7) is 7.25. The molecule has 1 rings (SSSR count). The minimum Gasteiger partial charge on any atom is -0.311 e. The number of alkyl halides is 9. The SMILES string of the molecule is CC.CCC(C)(F)C(F)(F)C(F)(F)F.COSC(F)(F)F.Cc1ccccc1. The van der Waals surface area contributed by atoms with Crippen LogP contribution in [0.3, 0.4) is 0 Å². The van der Waals surface area contributed by atoms with Gasteiger partial charge in [0.05, 0.1) is 7.11 Å². The molecule has 168 valence electrons. The molecule has 0 aromatic heterocycles. The van der Waals surface area contributed by atoms with Crippen molar-refractivity contribution in [3.63, 3.8) is 0 Å². The van der Waals surface area contributed by atoms with Crippen LogP contribution >= 0.6 is 12.0 Å². The first-order valence-corrected chi connectivity index (χ1v) is 8.69. The van der Waals surface area contributed by atoms with Crippen LogP contribution in [0.25, 0.3) is 0 Å². The smallest absolute Gasteiger partial charge is 0.311 e. The maximum Gasteiger partial charge on any atom is 0.467 e. The van der Waals surface area contributed by atoms with E-state index in [1.165, 1.54) is 5.56 Å². The van der Waals surface area contributed by atoms with Gasteiger partial charge in [-0.15, -0.1) is 0 Å². The van der Waals surface area contributed by atoms with Crippen LogP contribution in [0.5, 0.6) is 0 Å². The zero-order valence-electron chi connectivity index (χ0n) is 16.3. The molecule has 0 aliphatic carbocycles. The lowest BCUT2D eigenvalue weighted by atomic mass is 9.97. The fraction of sp³-hybridized carbons (Fsp3) is 0.647. The lowest BCUT2D eigenvalue weighted by Crippen LogP contribution is -2.52. The summed E-state index contributed by atoms with van der Waals surface area (Å²) < 4.78 is 108. The first-order valence-electron chi connectivity index (χ1n) is 7.95. The molecule has 0 spiro atoms. The Morgan fingerprint density at radius 2 is 1.25 bits per heavy atom. The van der Waals surface area contributed by atoms with Gasteiger partial charge in [0, 0.05) is 0 Å². The van der Waals surface area contributed by atoms with E-state index in [1.54, 1.807) is 0 Å². The average molecular weight is 448 g/mol. The van der Waals surface area contributed by atoms with E-state index in [9.17, 15) is 39.5 Å². The van der Waals surface area contributed by atoms with Crippen LogP contribution in [0.1, 0.15) is 39.7 Å².